The molecule has 1 aliphatic rings. The van der Waals surface area contributed by atoms with Crippen LogP contribution in [0.25, 0.3) is 0 Å². The minimum absolute atomic E-state index is 0.000505. The fourth-order valence-electron chi connectivity index (χ4n) is 2.19. The van der Waals surface area contributed by atoms with Gasteiger partial charge >= 0.3 is 0 Å². The lowest BCUT2D eigenvalue weighted by atomic mass is 10.2. The maximum absolute atomic E-state index is 11.9. The van der Waals surface area contributed by atoms with Gasteiger partial charge in [0.2, 0.25) is 5.91 Å². The van der Waals surface area contributed by atoms with Gasteiger partial charge in [0.25, 0.3) is 0 Å². The Labute approximate surface area is 140 Å². The molecular weight excluding hydrogens is 308 g/mol. The summed E-state index contributed by atoms with van der Waals surface area (Å²) in [6, 6.07) is 7.74. The molecule has 3 rings (SSSR count). The van der Waals surface area contributed by atoms with Crippen molar-refractivity contribution in [1.29, 1.82) is 0 Å². The zero-order chi connectivity index (χ0) is 16.1. The number of rotatable bonds is 7. The van der Waals surface area contributed by atoms with Gasteiger partial charge in [-0.05, 0) is 73.8 Å². The predicted octanol–water partition coefficient (Wildman–Crippen LogP) is 2.87. The van der Waals surface area contributed by atoms with Gasteiger partial charge in [0, 0.05) is 23.0 Å². The van der Waals surface area contributed by atoms with Crippen LogP contribution in [0, 0.1) is 12.8 Å². The van der Waals surface area contributed by atoms with Crippen LogP contribution in [0.15, 0.2) is 46.7 Å². The Hall–Kier alpha value is -1.92. The molecule has 1 aliphatic carbocycles. The van der Waals surface area contributed by atoms with Crippen LogP contribution < -0.4 is 10.6 Å². The summed E-state index contributed by atoms with van der Waals surface area (Å²) in [5.41, 5.74) is 1.88. The van der Waals surface area contributed by atoms with E-state index in [4.69, 9.17) is 0 Å². The summed E-state index contributed by atoms with van der Waals surface area (Å²) in [6.45, 7) is 3.30. The highest BCUT2D eigenvalue weighted by molar-refractivity contribution is 7.99. The van der Waals surface area contributed by atoms with Gasteiger partial charge in [-0.1, -0.05) is 0 Å². The largest absolute Gasteiger partial charge is 0.325 e. The molecule has 0 bridgehead atoms. The molecule has 0 atom stereocenters. The Morgan fingerprint density at radius 1 is 1.30 bits per heavy atom. The Morgan fingerprint density at radius 2 is 2.09 bits per heavy atom. The van der Waals surface area contributed by atoms with E-state index in [0.29, 0.717) is 11.7 Å². The number of anilines is 1. The van der Waals surface area contributed by atoms with Crippen LogP contribution in [0.1, 0.15) is 18.4 Å². The van der Waals surface area contributed by atoms with E-state index in [1.54, 1.807) is 18.5 Å². The molecular formula is C17H20N4OS. The molecule has 120 valence electrons. The van der Waals surface area contributed by atoms with E-state index in [0.717, 1.165) is 28.6 Å². The molecule has 0 saturated heterocycles. The number of carbonyl (C=O) groups is 1. The smallest absolute Gasteiger partial charge is 0.238 e. The Morgan fingerprint density at radius 3 is 2.78 bits per heavy atom. The fraction of sp³-hybridized carbons (Fsp3) is 0.353. The van der Waals surface area contributed by atoms with E-state index < -0.39 is 0 Å². The van der Waals surface area contributed by atoms with Gasteiger partial charge in [-0.25, -0.2) is 9.97 Å². The van der Waals surface area contributed by atoms with Crippen LogP contribution in [0.4, 0.5) is 5.69 Å². The highest BCUT2D eigenvalue weighted by atomic mass is 32.2. The van der Waals surface area contributed by atoms with Gasteiger partial charge in [-0.2, -0.15) is 0 Å². The van der Waals surface area contributed by atoms with Gasteiger partial charge < -0.3 is 10.6 Å². The van der Waals surface area contributed by atoms with Crippen molar-refractivity contribution in [3.05, 3.63) is 42.2 Å². The number of aryl methyl sites for hydroxylation is 1. The number of aromatic nitrogens is 2. The zero-order valence-electron chi connectivity index (χ0n) is 13.1. The van der Waals surface area contributed by atoms with Gasteiger partial charge in [-0.15, -0.1) is 0 Å². The van der Waals surface area contributed by atoms with Crippen LogP contribution in [0.2, 0.25) is 0 Å². The van der Waals surface area contributed by atoms with Crippen molar-refractivity contribution in [2.45, 2.75) is 29.8 Å². The summed E-state index contributed by atoms with van der Waals surface area (Å²) in [7, 11) is 0. The van der Waals surface area contributed by atoms with Crippen molar-refractivity contribution in [2.24, 2.45) is 5.92 Å². The SMILES string of the molecule is Cc1cc(Sc2ncccn2)ccc1NC(=O)CNCC1CC1. The molecule has 1 saturated carbocycles. The van der Waals surface area contributed by atoms with Crippen molar-refractivity contribution in [3.8, 4) is 0 Å². The van der Waals surface area contributed by atoms with E-state index in [2.05, 4.69) is 20.6 Å². The topological polar surface area (TPSA) is 66.9 Å². The molecule has 0 spiro atoms. The summed E-state index contributed by atoms with van der Waals surface area (Å²) < 4.78 is 0. The highest BCUT2D eigenvalue weighted by Crippen LogP contribution is 2.28. The number of carbonyl (C=O) groups excluding carboxylic acids is 1. The normalized spacial score (nSPS) is 13.8. The predicted molar refractivity (Wildman–Crippen MR) is 91.6 cm³/mol. The molecule has 23 heavy (non-hydrogen) atoms. The molecule has 0 unspecified atom stereocenters. The number of hydrogen-bond donors (Lipinski definition) is 2. The molecule has 5 nitrogen and oxygen atoms in total. The van der Waals surface area contributed by atoms with Gasteiger partial charge in [0.1, 0.15) is 0 Å². The van der Waals surface area contributed by atoms with Gasteiger partial charge in [0.15, 0.2) is 5.16 Å². The monoisotopic (exact) mass is 328 g/mol. The van der Waals surface area contributed by atoms with Gasteiger partial charge in [-0.3, -0.25) is 4.79 Å². The zero-order valence-corrected chi connectivity index (χ0v) is 13.9. The average molecular weight is 328 g/mol. The quantitative estimate of drug-likeness (QED) is 0.765. The molecule has 2 aromatic rings. The molecule has 0 radical (unpaired) electrons. The molecule has 6 heteroatoms. The van der Waals surface area contributed by atoms with Crippen molar-refractivity contribution < 1.29 is 4.79 Å². The lowest BCUT2D eigenvalue weighted by Gasteiger charge is -2.10. The second-order valence-corrected chi connectivity index (χ2v) is 6.77. The summed E-state index contributed by atoms with van der Waals surface area (Å²) in [4.78, 5) is 21.4. The number of benzene rings is 1. The van der Waals surface area contributed by atoms with Crippen molar-refractivity contribution in [1.82, 2.24) is 15.3 Å². The van der Waals surface area contributed by atoms with Crippen LogP contribution in [-0.4, -0.2) is 29.0 Å². The van der Waals surface area contributed by atoms with Crippen molar-refractivity contribution in [2.75, 3.05) is 18.4 Å². The molecule has 2 N–H and O–H groups in total. The molecule has 1 fully saturated rings. The summed E-state index contributed by atoms with van der Waals surface area (Å²) in [5.74, 6) is 0.779. The summed E-state index contributed by atoms with van der Waals surface area (Å²) >= 11 is 1.51. The van der Waals surface area contributed by atoms with Crippen molar-refractivity contribution >= 4 is 23.4 Å². The number of nitrogens with zero attached hydrogens (tertiary/aromatic N) is 2. The van der Waals surface area contributed by atoms with Crippen LogP contribution in [0.5, 0.6) is 0 Å². The summed E-state index contributed by atoms with van der Waals surface area (Å²) in [6.07, 6.45) is 6.03. The van der Waals surface area contributed by atoms with Crippen LogP contribution in [-0.2, 0) is 4.79 Å². The molecule has 1 heterocycles. The number of nitrogens with one attached hydrogen (secondary N) is 2. The summed E-state index contributed by atoms with van der Waals surface area (Å²) in [5, 5.41) is 6.87. The standard InChI is InChI=1S/C17H20N4OS/c1-12-9-14(23-17-19-7-2-8-20-17)5-6-15(12)21-16(22)11-18-10-13-3-4-13/h2,5-9,13,18H,3-4,10-11H2,1H3,(H,21,22). The van der Waals surface area contributed by atoms with E-state index in [9.17, 15) is 4.79 Å². The molecule has 0 aliphatic heterocycles. The number of amides is 1. The van der Waals surface area contributed by atoms with Gasteiger partial charge in [0.05, 0.1) is 6.54 Å². The van der Waals surface area contributed by atoms with E-state index in [1.165, 1.54) is 24.6 Å². The van der Waals surface area contributed by atoms with Crippen LogP contribution in [0.3, 0.4) is 0 Å². The first-order valence-corrected chi connectivity index (χ1v) is 8.58. The second-order valence-electron chi connectivity index (χ2n) is 5.73. The first-order valence-electron chi connectivity index (χ1n) is 7.77. The Balaban J connectivity index is 1.54. The van der Waals surface area contributed by atoms with Crippen molar-refractivity contribution in [3.63, 3.8) is 0 Å². The number of hydrogen-bond acceptors (Lipinski definition) is 5. The first-order chi connectivity index (χ1) is 11.2. The van der Waals surface area contributed by atoms with Crippen LogP contribution >= 0.6 is 11.8 Å². The third kappa shape index (κ3) is 5.04. The second kappa shape index (κ2) is 7.57. The lowest BCUT2D eigenvalue weighted by Crippen LogP contribution is -2.29. The average Bonchev–Trinajstić information content (AvgIpc) is 3.35. The highest BCUT2D eigenvalue weighted by Gasteiger charge is 2.20. The lowest BCUT2D eigenvalue weighted by molar-refractivity contribution is -0.115. The minimum atomic E-state index is 0.000505. The maximum Gasteiger partial charge on any atom is 0.238 e. The Kier molecular flexibility index (Phi) is 5.25. The molecule has 1 aromatic heterocycles. The van der Waals surface area contributed by atoms with E-state index in [1.807, 2.05) is 25.1 Å². The van der Waals surface area contributed by atoms with E-state index >= 15 is 0 Å². The third-order valence-electron chi connectivity index (χ3n) is 3.64. The third-order valence-corrected chi connectivity index (χ3v) is 4.52. The minimum Gasteiger partial charge on any atom is -0.325 e. The molecule has 1 aromatic carbocycles. The molecule has 1 amide bonds. The Bertz CT molecular complexity index is 674. The maximum atomic E-state index is 11.9. The van der Waals surface area contributed by atoms with E-state index in [-0.39, 0.29) is 5.91 Å². The fourth-order valence-corrected chi connectivity index (χ4v) is 3.00. The first kappa shape index (κ1) is 16.0.